The van der Waals surface area contributed by atoms with Crippen LogP contribution in [0.15, 0.2) is 47.5 Å². The molecule has 26 heavy (non-hydrogen) atoms. The smallest absolute Gasteiger partial charge is 0.293 e. The second-order valence-electron chi connectivity index (χ2n) is 6.96. The summed E-state index contributed by atoms with van der Waals surface area (Å²) in [6, 6.07) is 11.0. The molecule has 2 aromatic rings. The minimum atomic E-state index is -0.0362. The number of methoxy groups -OCH3 is 1. The molecule has 0 unspecified atom stereocenters. The fraction of sp³-hybridized carbons (Fsp3) is 0.500. The molecule has 6 heteroatoms. The molecule has 0 amide bonds. The third-order valence-electron chi connectivity index (χ3n) is 4.88. The maximum Gasteiger partial charge on any atom is 0.293 e. The van der Waals surface area contributed by atoms with Gasteiger partial charge >= 0.3 is 0 Å². The Hall–Kier alpha value is -2.18. The second kappa shape index (κ2) is 8.96. The van der Waals surface area contributed by atoms with Gasteiger partial charge in [-0.2, -0.15) is 0 Å². The van der Waals surface area contributed by atoms with Crippen LogP contribution >= 0.6 is 0 Å². The van der Waals surface area contributed by atoms with Crippen LogP contribution in [0.3, 0.4) is 0 Å². The van der Waals surface area contributed by atoms with Gasteiger partial charge in [-0.3, -0.25) is 4.79 Å². The Kier molecular flexibility index (Phi) is 6.41. The van der Waals surface area contributed by atoms with Crippen molar-refractivity contribution in [2.75, 3.05) is 31.7 Å². The van der Waals surface area contributed by atoms with Gasteiger partial charge in [-0.1, -0.05) is 30.3 Å². The first-order valence-corrected chi connectivity index (χ1v) is 9.23. The summed E-state index contributed by atoms with van der Waals surface area (Å²) in [6.45, 7) is 2.33. The molecule has 1 saturated heterocycles. The normalized spacial score (nSPS) is 18.7. The summed E-state index contributed by atoms with van der Waals surface area (Å²) in [6.07, 6.45) is 6.45. The molecule has 0 saturated carbocycles. The maximum absolute atomic E-state index is 12.4. The lowest BCUT2D eigenvalue weighted by Crippen LogP contribution is -2.52. The highest BCUT2D eigenvalue weighted by Crippen LogP contribution is 2.16. The lowest BCUT2D eigenvalue weighted by atomic mass is 10.0. The van der Waals surface area contributed by atoms with Gasteiger partial charge in [0.05, 0.1) is 6.61 Å². The van der Waals surface area contributed by atoms with Crippen LogP contribution in [0.1, 0.15) is 18.4 Å². The van der Waals surface area contributed by atoms with E-state index in [1.54, 1.807) is 31.1 Å². The van der Waals surface area contributed by atoms with Crippen molar-refractivity contribution < 1.29 is 4.74 Å². The van der Waals surface area contributed by atoms with Gasteiger partial charge in [-0.15, -0.1) is 0 Å². The van der Waals surface area contributed by atoms with Crippen molar-refractivity contribution in [1.82, 2.24) is 14.9 Å². The summed E-state index contributed by atoms with van der Waals surface area (Å²) in [4.78, 5) is 18.8. The van der Waals surface area contributed by atoms with E-state index in [-0.39, 0.29) is 11.6 Å². The molecule has 3 rings (SSSR count). The largest absolute Gasteiger partial charge is 0.383 e. The van der Waals surface area contributed by atoms with Crippen LogP contribution in [0, 0.1) is 0 Å². The molecule has 1 aromatic carbocycles. The van der Waals surface area contributed by atoms with Gasteiger partial charge in [0.25, 0.3) is 5.56 Å². The monoisotopic (exact) mass is 356 g/mol. The van der Waals surface area contributed by atoms with Crippen LogP contribution in [0.2, 0.25) is 0 Å². The number of aryl methyl sites for hydroxylation is 1. The molecular formula is C20H28N4O2. The minimum absolute atomic E-state index is 0.0362. The van der Waals surface area contributed by atoms with Crippen molar-refractivity contribution >= 4 is 5.82 Å². The van der Waals surface area contributed by atoms with Crippen molar-refractivity contribution in [3.63, 3.8) is 0 Å². The molecule has 1 aliphatic rings. The van der Waals surface area contributed by atoms with Crippen LogP contribution in [0.25, 0.3) is 0 Å². The van der Waals surface area contributed by atoms with Gasteiger partial charge in [0.15, 0.2) is 5.82 Å². The fourth-order valence-corrected chi connectivity index (χ4v) is 3.61. The lowest BCUT2D eigenvalue weighted by molar-refractivity contribution is 0.157. The summed E-state index contributed by atoms with van der Waals surface area (Å²) >= 11 is 0. The molecule has 1 fully saturated rings. The number of hydrogen-bond donors (Lipinski definition) is 1. The number of rotatable bonds is 7. The molecule has 140 valence electrons. The van der Waals surface area contributed by atoms with Crippen LogP contribution in [0.5, 0.6) is 0 Å². The van der Waals surface area contributed by atoms with E-state index in [1.165, 1.54) is 5.56 Å². The van der Waals surface area contributed by atoms with Gasteiger partial charge in [0.1, 0.15) is 0 Å². The summed E-state index contributed by atoms with van der Waals surface area (Å²) in [5, 5.41) is 3.74. The number of nitrogens with one attached hydrogen (secondary N) is 1. The Morgan fingerprint density at radius 1 is 1.35 bits per heavy atom. The van der Waals surface area contributed by atoms with Crippen LogP contribution in [-0.2, 0) is 18.2 Å². The number of benzene rings is 1. The first kappa shape index (κ1) is 18.6. The fourth-order valence-electron chi connectivity index (χ4n) is 3.61. The van der Waals surface area contributed by atoms with E-state index in [1.807, 2.05) is 6.07 Å². The van der Waals surface area contributed by atoms with Gasteiger partial charge in [-0.05, 0) is 24.8 Å². The topological polar surface area (TPSA) is 59.4 Å². The highest BCUT2D eigenvalue weighted by Gasteiger charge is 2.25. The number of hydrogen-bond acceptors (Lipinski definition) is 5. The molecule has 2 heterocycles. The average molecular weight is 356 g/mol. The standard InChI is InChI=1S/C20H28N4O2/c1-23-12-10-21-19(20(23)25)24-11-6-9-17(14-24)22-18(15-26-2)13-16-7-4-3-5-8-16/h3-5,7-8,10,12,17-18,22H,6,9,11,13-15H2,1-2H3/t17-,18-/m1/s1. The summed E-state index contributed by atoms with van der Waals surface area (Å²) in [5.74, 6) is 0.549. The number of aromatic nitrogens is 2. The predicted octanol–water partition coefficient (Wildman–Crippen LogP) is 1.60. The SMILES string of the molecule is COC[C@@H](Cc1ccccc1)N[C@@H]1CCCN(c2nccn(C)c2=O)C1. The van der Waals surface area contributed by atoms with E-state index in [9.17, 15) is 4.79 Å². The quantitative estimate of drug-likeness (QED) is 0.817. The summed E-state index contributed by atoms with van der Waals surface area (Å²) < 4.78 is 7.01. The van der Waals surface area contributed by atoms with Gasteiger partial charge < -0.3 is 19.5 Å². The summed E-state index contributed by atoms with van der Waals surface area (Å²) in [7, 11) is 3.51. The highest BCUT2D eigenvalue weighted by molar-refractivity contribution is 5.36. The number of ether oxygens (including phenoxy) is 1. The molecule has 1 aliphatic heterocycles. The van der Waals surface area contributed by atoms with Crippen LogP contribution < -0.4 is 15.8 Å². The van der Waals surface area contributed by atoms with Crippen molar-refractivity contribution in [3.05, 3.63) is 58.6 Å². The average Bonchev–Trinajstić information content (AvgIpc) is 2.65. The first-order valence-electron chi connectivity index (χ1n) is 9.23. The van der Waals surface area contributed by atoms with Crippen molar-refractivity contribution in [2.45, 2.75) is 31.3 Å². The Labute approximate surface area is 154 Å². The predicted molar refractivity (Wildman–Crippen MR) is 104 cm³/mol. The van der Waals surface area contributed by atoms with E-state index in [0.29, 0.717) is 18.5 Å². The van der Waals surface area contributed by atoms with E-state index in [4.69, 9.17) is 4.74 Å². The van der Waals surface area contributed by atoms with Gasteiger partial charge in [0, 0.05) is 51.7 Å². The first-order chi connectivity index (χ1) is 12.7. The Balaban J connectivity index is 1.66. The molecule has 0 aliphatic carbocycles. The molecule has 2 atom stereocenters. The zero-order valence-corrected chi connectivity index (χ0v) is 15.6. The number of piperidine rings is 1. The lowest BCUT2D eigenvalue weighted by Gasteiger charge is -2.35. The van der Waals surface area contributed by atoms with Gasteiger partial charge in [0.2, 0.25) is 0 Å². The number of anilines is 1. The molecular weight excluding hydrogens is 328 g/mol. The van der Waals surface area contributed by atoms with Crippen LogP contribution in [0.4, 0.5) is 5.82 Å². The van der Waals surface area contributed by atoms with Crippen molar-refractivity contribution in [3.8, 4) is 0 Å². The minimum Gasteiger partial charge on any atom is -0.383 e. The van der Waals surface area contributed by atoms with E-state index < -0.39 is 0 Å². The Bertz CT molecular complexity index is 747. The molecule has 6 nitrogen and oxygen atoms in total. The van der Waals surface area contributed by atoms with E-state index >= 15 is 0 Å². The molecule has 1 N–H and O–H groups in total. The van der Waals surface area contributed by atoms with Gasteiger partial charge in [-0.25, -0.2) is 4.98 Å². The maximum atomic E-state index is 12.4. The molecule has 0 radical (unpaired) electrons. The zero-order valence-electron chi connectivity index (χ0n) is 15.6. The van der Waals surface area contributed by atoms with Crippen molar-refractivity contribution in [1.29, 1.82) is 0 Å². The van der Waals surface area contributed by atoms with E-state index in [2.05, 4.69) is 39.5 Å². The molecule has 0 bridgehead atoms. The Morgan fingerprint density at radius 3 is 2.92 bits per heavy atom. The third-order valence-corrected chi connectivity index (χ3v) is 4.88. The third kappa shape index (κ3) is 4.71. The zero-order chi connectivity index (χ0) is 18.4. The molecule has 1 aromatic heterocycles. The second-order valence-corrected chi connectivity index (χ2v) is 6.96. The van der Waals surface area contributed by atoms with Crippen molar-refractivity contribution in [2.24, 2.45) is 7.05 Å². The number of nitrogens with zero attached hydrogens (tertiary/aromatic N) is 3. The Morgan fingerprint density at radius 2 is 2.15 bits per heavy atom. The summed E-state index contributed by atoms with van der Waals surface area (Å²) in [5.41, 5.74) is 1.26. The van der Waals surface area contributed by atoms with E-state index in [0.717, 1.165) is 32.4 Å². The molecule has 0 spiro atoms. The van der Waals surface area contributed by atoms with Crippen LogP contribution in [-0.4, -0.2) is 48.4 Å². The highest BCUT2D eigenvalue weighted by atomic mass is 16.5.